The van der Waals surface area contributed by atoms with Crippen LogP contribution in [0.3, 0.4) is 0 Å². The Hall–Kier alpha value is -2.47. The highest BCUT2D eigenvalue weighted by molar-refractivity contribution is 7.14. The molecule has 4 rings (SSSR count). The van der Waals surface area contributed by atoms with Crippen molar-refractivity contribution in [1.82, 2.24) is 9.55 Å². The molecule has 1 fully saturated rings. The van der Waals surface area contributed by atoms with Crippen LogP contribution in [0.25, 0.3) is 11.0 Å². The summed E-state index contributed by atoms with van der Waals surface area (Å²) < 4.78 is 2.33. The predicted octanol–water partition coefficient (Wildman–Crippen LogP) is 6.07. The van der Waals surface area contributed by atoms with Crippen molar-refractivity contribution in [3.8, 4) is 0 Å². The van der Waals surface area contributed by atoms with Gasteiger partial charge in [0, 0.05) is 43.4 Å². The Balaban J connectivity index is 1.61. The highest BCUT2D eigenvalue weighted by Gasteiger charge is 2.29. The Labute approximate surface area is 188 Å². The van der Waals surface area contributed by atoms with Crippen LogP contribution in [0, 0.1) is 12.8 Å². The molecule has 6 heteroatoms. The first kappa shape index (κ1) is 21.8. The van der Waals surface area contributed by atoms with Crippen LogP contribution in [0.2, 0.25) is 0 Å². The van der Waals surface area contributed by atoms with E-state index in [0.29, 0.717) is 24.8 Å². The Morgan fingerprint density at radius 1 is 1.16 bits per heavy atom. The van der Waals surface area contributed by atoms with Gasteiger partial charge in [-0.05, 0) is 62.4 Å². The number of aromatic nitrogens is 2. The summed E-state index contributed by atoms with van der Waals surface area (Å²) in [5.74, 6) is 1.72. The van der Waals surface area contributed by atoms with Gasteiger partial charge < -0.3 is 9.47 Å². The highest BCUT2D eigenvalue weighted by atomic mass is 32.1. The number of fused-ring (bicyclic) bond motifs is 1. The van der Waals surface area contributed by atoms with Crippen LogP contribution in [-0.4, -0.2) is 35.2 Å². The van der Waals surface area contributed by atoms with Crippen molar-refractivity contribution in [2.24, 2.45) is 5.92 Å². The molecule has 0 bridgehead atoms. The average molecular weight is 438 g/mol. The molecule has 1 aliphatic carbocycles. The van der Waals surface area contributed by atoms with Crippen molar-refractivity contribution in [1.29, 1.82) is 0 Å². The van der Waals surface area contributed by atoms with Crippen molar-refractivity contribution in [2.75, 3.05) is 19.0 Å². The van der Waals surface area contributed by atoms with Gasteiger partial charge in [-0.15, -0.1) is 11.3 Å². The molecule has 164 valence electrons. The summed E-state index contributed by atoms with van der Waals surface area (Å²) in [4.78, 5) is 33.9. The fourth-order valence-corrected chi connectivity index (χ4v) is 5.58. The number of thiophene rings is 1. The minimum atomic E-state index is 0.142. The van der Waals surface area contributed by atoms with Gasteiger partial charge in [0.2, 0.25) is 5.95 Å². The Morgan fingerprint density at radius 2 is 1.97 bits per heavy atom. The van der Waals surface area contributed by atoms with Crippen LogP contribution in [0.5, 0.6) is 0 Å². The number of rotatable bonds is 7. The zero-order valence-electron chi connectivity index (χ0n) is 18.9. The van der Waals surface area contributed by atoms with Gasteiger partial charge in [0.15, 0.2) is 11.6 Å². The molecule has 0 amide bonds. The Bertz CT molecular complexity index is 1110. The van der Waals surface area contributed by atoms with Crippen LogP contribution in [0.4, 0.5) is 5.95 Å². The molecular formula is C25H31N3O2S. The molecule has 3 aromatic rings. The monoisotopic (exact) mass is 437 g/mol. The van der Waals surface area contributed by atoms with Crippen molar-refractivity contribution in [3.05, 3.63) is 45.6 Å². The largest absolute Gasteiger partial charge is 0.348 e. The molecule has 2 atom stereocenters. The summed E-state index contributed by atoms with van der Waals surface area (Å²) in [7, 11) is 4.03. The molecule has 0 saturated heterocycles. The maximum absolute atomic E-state index is 12.8. The number of benzene rings is 1. The normalized spacial score (nSPS) is 19.0. The number of imidazole rings is 1. The molecule has 1 saturated carbocycles. The molecule has 1 aliphatic rings. The summed E-state index contributed by atoms with van der Waals surface area (Å²) in [6.45, 7) is 3.93. The number of carbonyl (C=O) groups excluding carboxylic acids is 2. The van der Waals surface area contributed by atoms with Crippen LogP contribution in [0.15, 0.2) is 30.3 Å². The number of nitrogens with zero attached hydrogens (tertiary/aromatic N) is 3. The summed E-state index contributed by atoms with van der Waals surface area (Å²) in [6.07, 6.45) is 5.41. The molecular weight excluding hydrogens is 406 g/mol. The fourth-order valence-electron chi connectivity index (χ4n) is 4.77. The van der Waals surface area contributed by atoms with Gasteiger partial charge in [-0.25, -0.2) is 4.98 Å². The van der Waals surface area contributed by atoms with Gasteiger partial charge in [0.05, 0.1) is 15.9 Å². The van der Waals surface area contributed by atoms with Crippen molar-refractivity contribution in [2.45, 2.75) is 58.4 Å². The number of carbonyl (C=O) groups is 2. The van der Waals surface area contributed by atoms with Gasteiger partial charge in [0.1, 0.15) is 0 Å². The molecule has 2 aromatic heterocycles. The first-order valence-corrected chi connectivity index (χ1v) is 12.0. The third-order valence-corrected chi connectivity index (χ3v) is 7.37. The minimum Gasteiger partial charge on any atom is -0.348 e. The van der Waals surface area contributed by atoms with E-state index in [9.17, 15) is 9.59 Å². The van der Waals surface area contributed by atoms with E-state index in [2.05, 4.69) is 4.57 Å². The smallest absolute Gasteiger partial charge is 0.206 e. The SMILES string of the molecule is CCC(=O)c1ccc2c(c1)nc(N(C)C)n2[C@H]1CCC[C@@H](CC(=O)c2ccc(C)s2)C1. The van der Waals surface area contributed by atoms with E-state index in [1.165, 1.54) is 4.88 Å². The molecule has 0 radical (unpaired) electrons. The zero-order chi connectivity index (χ0) is 22.1. The molecule has 1 aromatic carbocycles. The third-order valence-electron chi connectivity index (χ3n) is 6.32. The second kappa shape index (κ2) is 8.95. The first-order valence-electron chi connectivity index (χ1n) is 11.2. The Kier molecular flexibility index (Phi) is 6.28. The van der Waals surface area contributed by atoms with E-state index in [0.717, 1.165) is 53.1 Å². The van der Waals surface area contributed by atoms with E-state index >= 15 is 0 Å². The lowest BCUT2D eigenvalue weighted by molar-refractivity contribution is 0.0944. The van der Waals surface area contributed by atoms with Gasteiger partial charge >= 0.3 is 0 Å². The lowest BCUT2D eigenvalue weighted by atomic mass is 9.82. The van der Waals surface area contributed by atoms with Crippen LogP contribution in [-0.2, 0) is 0 Å². The molecule has 2 heterocycles. The third kappa shape index (κ3) is 4.45. The standard InChI is InChI=1S/C25H31N3O2S/c1-5-22(29)18-10-11-21-20(15-18)26-25(27(3)4)28(21)19-8-6-7-17(13-19)14-23(30)24-12-9-16(2)31-24/h9-12,15,17,19H,5-8,13-14H2,1-4H3/t17-,19+/m1/s1. The number of hydrogen-bond acceptors (Lipinski definition) is 5. The number of ketones is 2. The Morgan fingerprint density at radius 3 is 2.65 bits per heavy atom. The van der Waals surface area contributed by atoms with Crippen molar-refractivity contribution in [3.63, 3.8) is 0 Å². The van der Waals surface area contributed by atoms with Gasteiger partial charge in [0.25, 0.3) is 0 Å². The van der Waals surface area contributed by atoms with Crippen LogP contribution >= 0.6 is 11.3 Å². The van der Waals surface area contributed by atoms with Gasteiger partial charge in [-0.2, -0.15) is 0 Å². The fraction of sp³-hybridized carbons (Fsp3) is 0.480. The quantitative estimate of drug-likeness (QED) is 0.421. The second-order valence-electron chi connectivity index (χ2n) is 8.88. The van der Waals surface area contributed by atoms with Crippen LogP contribution < -0.4 is 4.90 Å². The van der Waals surface area contributed by atoms with E-state index in [-0.39, 0.29) is 11.6 Å². The van der Waals surface area contributed by atoms with Gasteiger partial charge in [-0.1, -0.05) is 13.3 Å². The van der Waals surface area contributed by atoms with E-state index in [1.807, 2.05) is 63.2 Å². The summed E-state index contributed by atoms with van der Waals surface area (Å²) >= 11 is 1.60. The summed E-state index contributed by atoms with van der Waals surface area (Å²) in [5, 5.41) is 0. The molecule has 0 N–H and O–H groups in total. The molecule has 5 nitrogen and oxygen atoms in total. The average Bonchev–Trinajstić information content (AvgIpc) is 3.36. The summed E-state index contributed by atoms with van der Waals surface area (Å²) in [5.41, 5.74) is 2.67. The molecule has 31 heavy (non-hydrogen) atoms. The predicted molar refractivity (Wildman–Crippen MR) is 128 cm³/mol. The number of hydrogen-bond donors (Lipinski definition) is 0. The lowest BCUT2D eigenvalue weighted by Gasteiger charge is -2.32. The zero-order valence-corrected chi connectivity index (χ0v) is 19.7. The first-order chi connectivity index (χ1) is 14.9. The topological polar surface area (TPSA) is 55.2 Å². The number of anilines is 1. The van der Waals surface area contributed by atoms with Crippen LogP contribution in [0.1, 0.15) is 76.4 Å². The van der Waals surface area contributed by atoms with E-state index < -0.39 is 0 Å². The number of aryl methyl sites for hydroxylation is 1. The number of Topliss-reactive ketones (excluding diaryl/α,β-unsaturated/α-hetero) is 2. The van der Waals surface area contributed by atoms with E-state index in [1.54, 1.807) is 11.3 Å². The maximum atomic E-state index is 12.8. The van der Waals surface area contributed by atoms with E-state index in [4.69, 9.17) is 4.98 Å². The van der Waals surface area contributed by atoms with Crippen molar-refractivity contribution < 1.29 is 9.59 Å². The minimum absolute atomic E-state index is 0.142. The highest BCUT2D eigenvalue weighted by Crippen LogP contribution is 2.39. The molecule has 0 unspecified atom stereocenters. The van der Waals surface area contributed by atoms with Crippen molar-refractivity contribution >= 4 is 39.9 Å². The molecule has 0 spiro atoms. The lowest BCUT2D eigenvalue weighted by Crippen LogP contribution is -2.24. The van der Waals surface area contributed by atoms with Gasteiger partial charge in [-0.3, -0.25) is 9.59 Å². The second-order valence-corrected chi connectivity index (χ2v) is 10.2. The molecule has 0 aliphatic heterocycles. The summed E-state index contributed by atoms with van der Waals surface area (Å²) in [6, 6.07) is 10.2. The maximum Gasteiger partial charge on any atom is 0.206 e.